The Labute approximate surface area is 109 Å². The lowest BCUT2D eigenvalue weighted by Crippen LogP contribution is -2.27. The van der Waals surface area contributed by atoms with Gasteiger partial charge < -0.3 is 15.8 Å². The van der Waals surface area contributed by atoms with Crippen molar-refractivity contribution >= 4 is 11.6 Å². The highest BCUT2D eigenvalue weighted by molar-refractivity contribution is 5.94. The fraction of sp³-hybridized carbons (Fsp3) is 0.500. The molecule has 1 rings (SSSR count). The topological polar surface area (TPSA) is 64.3 Å². The quantitative estimate of drug-likeness (QED) is 0.575. The van der Waals surface area contributed by atoms with Gasteiger partial charge in [0.1, 0.15) is 0 Å². The number of rotatable bonds is 7. The molecule has 1 aromatic carbocycles. The number of ether oxygens (including phenoxy) is 1. The second kappa shape index (κ2) is 7.71. The van der Waals surface area contributed by atoms with E-state index in [0.29, 0.717) is 24.4 Å². The third kappa shape index (κ3) is 4.75. The lowest BCUT2D eigenvalue weighted by atomic mass is 10.1. The first-order valence-corrected chi connectivity index (χ1v) is 6.37. The zero-order chi connectivity index (χ0) is 13.4. The number of amides is 1. The zero-order valence-electron chi connectivity index (χ0n) is 11.2. The maximum atomic E-state index is 11.8. The minimum atomic E-state index is -0.0859. The van der Waals surface area contributed by atoms with Crippen LogP contribution in [0.1, 0.15) is 35.7 Å². The van der Waals surface area contributed by atoms with Crippen molar-refractivity contribution in [3.63, 3.8) is 0 Å². The van der Waals surface area contributed by atoms with Crippen LogP contribution in [0.3, 0.4) is 0 Å². The van der Waals surface area contributed by atoms with Gasteiger partial charge in [-0.3, -0.25) is 4.79 Å². The van der Waals surface area contributed by atoms with Crippen LogP contribution in [0.15, 0.2) is 18.2 Å². The molecule has 0 aliphatic carbocycles. The van der Waals surface area contributed by atoms with E-state index in [2.05, 4.69) is 12.2 Å². The monoisotopic (exact) mass is 250 g/mol. The largest absolute Gasteiger partial charge is 0.399 e. The van der Waals surface area contributed by atoms with Gasteiger partial charge in [0, 0.05) is 24.4 Å². The molecule has 0 aliphatic rings. The van der Waals surface area contributed by atoms with Crippen LogP contribution in [0.4, 0.5) is 5.69 Å². The normalized spacial score (nSPS) is 10.3. The number of carbonyl (C=O) groups is 1. The van der Waals surface area contributed by atoms with Crippen LogP contribution in [0, 0.1) is 6.92 Å². The van der Waals surface area contributed by atoms with E-state index in [0.717, 1.165) is 25.0 Å². The summed E-state index contributed by atoms with van der Waals surface area (Å²) in [4.78, 5) is 11.8. The maximum absolute atomic E-state index is 11.8. The Kier molecular flexibility index (Phi) is 6.22. The fourth-order valence-corrected chi connectivity index (χ4v) is 1.50. The summed E-state index contributed by atoms with van der Waals surface area (Å²) in [7, 11) is 0. The van der Waals surface area contributed by atoms with Crippen LogP contribution in [-0.2, 0) is 4.74 Å². The van der Waals surface area contributed by atoms with Gasteiger partial charge in [-0.25, -0.2) is 0 Å². The summed E-state index contributed by atoms with van der Waals surface area (Å²) in [6.07, 6.45) is 2.18. The maximum Gasteiger partial charge on any atom is 0.251 e. The molecular formula is C14H22N2O2. The lowest BCUT2D eigenvalue weighted by Gasteiger charge is -2.07. The van der Waals surface area contributed by atoms with Gasteiger partial charge in [0.2, 0.25) is 0 Å². The molecule has 3 N–H and O–H groups in total. The number of anilines is 1. The molecule has 0 radical (unpaired) electrons. The summed E-state index contributed by atoms with van der Waals surface area (Å²) >= 11 is 0. The molecule has 1 aromatic rings. The zero-order valence-corrected chi connectivity index (χ0v) is 11.2. The third-order valence-corrected chi connectivity index (χ3v) is 2.71. The Morgan fingerprint density at radius 2 is 2.17 bits per heavy atom. The van der Waals surface area contributed by atoms with Crippen LogP contribution in [0.25, 0.3) is 0 Å². The highest BCUT2D eigenvalue weighted by atomic mass is 16.5. The van der Waals surface area contributed by atoms with Crippen molar-refractivity contribution in [1.29, 1.82) is 0 Å². The predicted molar refractivity (Wildman–Crippen MR) is 73.7 cm³/mol. The van der Waals surface area contributed by atoms with Gasteiger partial charge in [0.25, 0.3) is 5.91 Å². The molecule has 0 saturated carbocycles. The first-order chi connectivity index (χ1) is 8.65. The molecule has 1 amide bonds. The highest BCUT2D eigenvalue weighted by Crippen LogP contribution is 2.12. The summed E-state index contributed by atoms with van der Waals surface area (Å²) in [5.41, 5.74) is 7.96. The number of hydrogen-bond donors (Lipinski definition) is 2. The third-order valence-electron chi connectivity index (χ3n) is 2.71. The van der Waals surface area contributed by atoms with Crippen molar-refractivity contribution in [2.45, 2.75) is 26.7 Å². The van der Waals surface area contributed by atoms with Gasteiger partial charge in [-0.1, -0.05) is 13.3 Å². The SMILES string of the molecule is CCCCOCCNC(=O)c1ccc(N)c(C)c1. The second-order valence-electron chi connectivity index (χ2n) is 4.29. The van der Waals surface area contributed by atoms with Crippen LogP contribution < -0.4 is 11.1 Å². The smallest absolute Gasteiger partial charge is 0.251 e. The molecule has 0 aliphatic heterocycles. The van der Waals surface area contributed by atoms with Gasteiger partial charge >= 0.3 is 0 Å². The first kappa shape index (κ1) is 14.5. The van der Waals surface area contributed by atoms with Gasteiger partial charge in [-0.15, -0.1) is 0 Å². The first-order valence-electron chi connectivity index (χ1n) is 6.37. The van der Waals surface area contributed by atoms with E-state index in [1.54, 1.807) is 18.2 Å². The minimum Gasteiger partial charge on any atom is -0.399 e. The highest BCUT2D eigenvalue weighted by Gasteiger charge is 2.05. The Balaban J connectivity index is 2.30. The van der Waals surface area contributed by atoms with Gasteiger partial charge in [0.15, 0.2) is 0 Å². The summed E-state index contributed by atoms with van der Waals surface area (Å²) in [6.45, 7) is 5.85. The summed E-state index contributed by atoms with van der Waals surface area (Å²) in [5, 5.41) is 2.82. The fourth-order valence-electron chi connectivity index (χ4n) is 1.50. The van der Waals surface area contributed by atoms with Crippen molar-refractivity contribution in [3.8, 4) is 0 Å². The molecule has 4 nitrogen and oxygen atoms in total. The molecule has 0 atom stereocenters. The van der Waals surface area contributed by atoms with Crippen LogP contribution >= 0.6 is 0 Å². The van der Waals surface area contributed by atoms with Gasteiger partial charge in [-0.05, 0) is 37.1 Å². The summed E-state index contributed by atoms with van der Waals surface area (Å²) < 4.78 is 5.37. The molecule has 0 fully saturated rings. The van der Waals surface area contributed by atoms with Crippen molar-refractivity contribution in [2.24, 2.45) is 0 Å². The van der Waals surface area contributed by atoms with Crippen molar-refractivity contribution < 1.29 is 9.53 Å². The second-order valence-corrected chi connectivity index (χ2v) is 4.29. The van der Waals surface area contributed by atoms with Crippen LogP contribution in [0.2, 0.25) is 0 Å². The standard InChI is InChI=1S/C14H22N2O2/c1-3-4-8-18-9-7-16-14(17)12-5-6-13(15)11(2)10-12/h5-6,10H,3-4,7-9,15H2,1-2H3,(H,16,17). The number of nitrogen functional groups attached to an aromatic ring is 1. The molecule has 0 saturated heterocycles. The van der Waals surface area contributed by atoms with E-state index in [1.165, 1.54) is 0 Å². The number of aryl methyl sites for hydroxylation is 1. The van der Waals surface area contributed by atoms with Gasteiger partial charge in [-0.2, -0.15) is 0 Å². The number of unbranched alkanes of at least 4 members (excludes halogenated alkanes) is 1. The van der Waals surface area contributed by atoms with Crippen molar-refractivity contribution in [2.75, 3.05) is 25.5 Å². The number of hydrogen-bond acceptors (Lipinski definition) is 3. The van der Waals surface area contributed by atoms with Crippen molar-refractivity contribution in [1.82, 2.24) is 5.32 Å². The number of nitrogens with two attached hydrogens (primary N) is 1. The Hall–Kier alpha value is -1.55. The van der Waals surface area contributed by atoms with E-state index in [-0.39, 0.29) is 5.91 Å². The minimum absolute atomic E-state index is 0.0859. The molecule has 4 heteroatoms. The van der Waals surface area contributed by atoms with E-state index in [4.69, 9.17) is 10.5 Å². The molecule has 0 spiro atoms. The Morgan fingerprint density at radius 3 is 2.83 bits per heavy atom. The number of nitrogens with one attached hydrogen (secondary N) is 1. The number of carbonyl (C=O) groups excluding carboxylic acids is 1. The van der Waals surface area contributed by atoms with Crippen LogP contribution in [-0.4, -0.2) is 25.7 Å². The van der Waals surface area contributed by atoms with Crippen molar-refractivity contribution in [3.05, 3.63) is 29.3 Å². The Bertz CT molecular complexity index is 391. The molecule has 0 aromatic heterocycles. The van der Waals surface area contributed by atoms with Gasteiger partial charge in [0.05, 0.1) is 6.61 Å². The molecule has 100 valence electrons. The summed E-state index contributed by atoms with van der Waals surface area (Å²) in [6, 6.07) is 5.28. The van der Waals surface area contributed by atoms with E-state index >= 15 is 0 Å². The van der Waals surface area contributed by atoms with E-state index < -0.39 is 0 Å². The summed E-state index contributed by atoms with van der Waals surface area (Å²) in [5.74, 6) is -0.0859. The number of benzene rings is 1. The van der Waals surface area contributed by atoms with E-state index in [1.807, 2.05) is 6.92 Å². The van der Waals surface area contributed by atoms with Crippen LogP contribution in [0.5, 0.6) is 0 Å². The molecular weight excluding hydrogens is 228 g/mol. The molecule has 0 bridgehead atoms. The molecule has 0 unspecified atom stereocenters. The van der Waals surface area contributed by atoms with E-state index in [9.17, 15) is 4.79 Å². The average Bonchev–Trinajstić information content (AvgIpc) is 2.36. The Morgan fingerprint density at radius 1 is 1.39 bits per heavy atom. The molecule has 0 heterocycles. The lowest BCUT2D eigenvalue weighted by molar-refractivity contribution is 0.0912. The predicted octanol–water partition coefficient (Wildman–Crippen LogP) is 2.12. The average molecular weight is 250 g/mol. The molecule has 18 heavy (non-hydrogen) atoms.